The SMILES string of the molecule is Cc1cccc(-c2nc(CCC(F)(F)F)no2)c1N. The standard InChI is InChI=1S/C12H12F3N3O/c1-7-3-2-4-8(10(7)16)11-17-9(18-19-11)5-6-12(13,14)15/h2-4H,5-6,16H2,1H3. The molecule has 0 fully saturated rings. The van der Waals surface area contributed by atoms with Gasteiger partial charge < -0.3 is 10.3 Å². The summed E-state index contributed by atoms with van der Waals surface area (Å²) in [6.07, 6.45) is -5.52. The van der Waals surface area contributed by atoms with Crippen LogP contribution in [0.25, 0.3) is 11.5 Å². The summed E-state index contributed by atoms with van der Waals surface area (Å²) < 4.78 is 41.2. The van der Waals surface area contributed by atoms with Gasteiger partial charge in [0.05, 0.1) is 12.0 Å². The molecule has 0 spiro atoms. The van der Waals surface area contributed by atoms with Crippen LogP contribution in [0.4, 0.5) is 18.9 Å². The number of benzene rings is 1. The van der Waals surface area contributed by atoms with Gasteiger partial charge in [0.15, 0.2) is 5.82 Å². The topological polar surface area (TPSA) is 64.9 Å². The Kier molecular flexibility index (Phi) is 3.46. The van der Waals surface area contributed by atoms with Crippen LogP contribution in [0.15, 0.2) is 22.7 Å². The molecule has 0 bridgehead atoms. The molecule has 0 amide bonds. The number of para-hydroxylation sites is 1. The number of hydrogen-bond donors (Lipinski definition) is 1. The largest absolute Gasteiger partial charge is 0.398 e. The number of nitrogens with zero attached hydrogens (tertiary/aromatic N) is 2. The van der Waals surface area contributed by atoms with Crippen molar-refractivity contribution < 1.29 is 17.7 Å². The van der Waals surface area contributed by atoms with Crippen LogP contribution in [0.1, 0.15) is 17.8 Å². The lowest BCUT2D eigenvalue weighted by Gasteiger charge is -2.03. The van der Waals surface area contributed by atoms with Crippen molar-refractivity contribution in [2.75, 3.05) is 5.73 Å². The summed E-state index contributed by atoms with van der Waals surface area (Å²) in [6.45, 7) is 1.82. The zero-order chi connectivity index (χ0) is 14.0. The summed E-state index contributed by atoms with van der Waals surface area (Å²) in [6, 6.07) is 5.27. The molecule has 0 atom stereocenters. The normalized spacial score (nSPS) is 11.8. The molecule has 2 aromatic rings. The van der Waals surface area contributed by atoms with Crippen LogP contribution in [0.5, 0.6) is 0 Å². The highest BCUT2D eigenvalue weighted by Gasteiger charge is 2.27. The van der Waals surface area contributed by atoms with Crippen molar-refractivity contribution in [1.29, 1.82) is 0 Å². The number of alkyl halides is 3. The predicted molar refractivity (Wildman–Crippen MR) is 63.3 cm³/mol. The molecule has 102 valence electrons. The second-order valence-corrected chi connectivity index (χ2v) is 4.17. The molecule has 19 heavy (non-hydrogen) atoms. The van der Waals surface area contributed by atoms with Gasteiger partial charge in [0.1, 0.15) is 0 Å². The molecule has 0 unspecified atom stereocenters. The number of hydrogen-bond acceptors (Lipinski definition) is 4. The Hall–Kier alpha value is -2.05. The third kappa shape index (κ3) is 3.24. The lowest BCUT2D eigenvalue weighted by molar-refractivity contribution is -0.134. The Labute approximate surface area is 107 Å². The van der Waals surface area contributed by atoms with E-state index in [-0.39, 0.29) is 18.1 Å². The molecule has 1 heterocycles. The Morgan fingerprint density at radius 1 is 1.32 bits per heavy atom. The van der Waals surface area contributed by atoms with Crippen molar-refractivity contribution in [2.24, 2.45) is 0 Å². The average Bonchev–Trinajstić information content (AvgIpc) is 2.78. The van der Waals surface area contributed by atoms with Crippen LogP contribution >= 0.6 is 0 Å². The fourth-order valence-corrected chi connectivity index (χ4v) is 1.59. The maximum atomic E-state index is 12.1. The average molecular weight is 271 g/mol. The van der Waals surface area contributed by atoms with Crippen molar-refractivity contribution in [3.05, 3.63) is 29.6 Å². The molecule has 1 aromatic carbocycles. The molecule has 2 rings (SSSR count). The highest BCUT2D eigenvalue weighted by Crippen LogP contribution is 2.27. The van der Waals surface area contributed by atoms with Crippen LogP contribution in [-0.4, -0.2) is 16.3 Å². The minimum absolute atomic E-state index is 0.0215. The van der Waals surface area contributed by atoms with Crippen molar-refractivity contribution >= 4 is 5.69 Å². The zero-order valence-corrected chi connectivity index (χ0v) is 10.2. The van der Waals surface area contributed by atoms with Gasteiger partial charge in [-0.25, -0.2) is 0 Å². The van der Waals surface area contributed by atoms with Gasteiger partial charge in [0, 0.05) is 12.1 Å². The first-order valence-corrected chi connectivity index (χ1v) is 5.61. The summed E-state index contributed by atoms with van der Waals surface area (Å²) >= 11 is 0. The molecule has 7 heteroatoms. The number of rotatable bonds is 3. The molecular formula is C12H12F3N3O. The molecule has 0 aliphatic rings. The smallest absolute Gasteiger partial charge is 0.389 e. The quantitative estimate of drug-likeness (QED) is 0.871. The maximum Gasteiger partial charge on any atom is 0.389 e. The van der Waals surface area contributed by atoms with Crippen LogP contribution in [0.2, 0.25) is 0 Å². The molecule has 0 saturated heterocycles. The first-order valence-electron chi connectivity index (χ1n) is 5.61. The molecule has 2 N–H and O–H groups in total. The fourth-order valence-electron chi connectivity index (χ4n) is 1.59. The van der Waals surface area contributed by atoms with Gasteiger partial charge in [-0.15, -0.1) is 0 Å². The van der Waals surface area contributed by atoms with Gasteiger partial charge >= 0.3 is 6.18 Å². The van der Waals surface area contributed by atoms with E-state index in [9.17, 15) is 13.2 Å². The Morgan fingerprint density at radius 2 is 2.05 bits per heavy atom. The molecule has 4 nitrogen and oxygen atoms in total. The van der Waals surface area contributed by atoms with E-state index < -0.39 is 12.6 Å². The lowest BCUT2D eigenvalue weighted by Crippen LogP contribution is -2.09. The summed E-state index contributed by atoms with van der Waals surface area (Å²) in [5, 5.41) is 3.52. The maximum absolute atomic E-state index is 12.1. The van der Waals surface area contributed by atoms with Crippen LogP contribution in [0.3, 0.4) is 0 Å². The van der Waals surface area contributed by atoms with E-state index in [0.29, 0.717) is 11.3 Å². The minimum Gasteiger partial charge on any atom is -0.398 e. The van der Waals surface area contributed by atoms with Crippen molar-refractivity contribution in [1.82, 2.24) is 10.1 Å². The summed E-state index contributed by atoms with van der Waals surface area (Å²) in [5.74, 6) is 0.159. The second kappa shape index (κ2) is 4.91. The predicted octanol–water partition coefficient (Wildman–Crippen LogP) is 3.12. The number of nitrogens with two attached hydrogens (primary N) is 1. The number of aromatic nitrogens is 2. The third-order valence-corrected chi connectivity index (χ3v) is 2.65. The Balaban J connectivity index is 2.19. The third-order valence-electron chi connectivity index (χ3n) is 2.65. The summed E-state index contributed by atoms with van der Waals surface area (Å²) in [7, 11) is 0. The van der Waals surface area contributed by atoms with Gasteiger partial charge in [0.2, 0.25) is 0 Å². The number of nitrogen functional groups attached to an aromatic ring is 1. The van der Waals surface area contributed by atoms with E-state index in [1.54, 1.807) is 12.1 Å². The number of aryl methyl sites for hydroxylation is 2. The Bertz CT molecular complexity index is 578. The van der Waals surface area contributed by atoms with E-state index in [1.807, 2.05) is 13.0 Å². The molecule has 1 aromatic heterocycles. The monoisotopic (exact) mass is 271 g/mol. The van der Waals surface area contributed by atoms with Crippen LogP contribution < -0.4 is 5.73 Å². The van der Waals surface area contributed by atoms with Gasteiger partial charge in [-0.3, -0.25) is 0 Å². The van der Waals surface area contributed by atoms with E-state index in [1.165, 1.54) is 0 Å². The molecule has 0 aliphatic carbocycles. The zero-order valence-electron chi connectivity index (χ0n) is 10.2. The fraction of sp³-hybridized carbons (Fsp3) is 0.333. The van der Waals surface area contributed by atoms with Crippen molar-refractivity contribution in [3.8, 4) is 11.5 Å². The van der Waals surface area contributed by atoms with Crippen LogP contribution in [-0.2, 0) is 6.42 Å². The molecule has 0 radical (unpaired) electrons. The van der Waals surface area contributed by atoms with E-state index in [0.717, 1.165) is 5.56 Å². The van der Waals surface area contributed by atoms with Crippen LogP contribution in [0, 0.1) is 6.92 Å². The Morgan fingerprint density at radius 3 is 2.74 bits per heavy atom. The first kappa shape index (κ1) is 13.4. The van der Waals surface area contributed by atoms with E-state index in [4.69, 9.17) is 10.3 Å². The highest BCUT2D eigenvalue weighted by atomic mass is 19.4. The molecule has 0 aliphatic heterocycles. The van der Waals surface area contributed by atoms with Gasteiger partial charge in [-0.2, -0.15) is 18.2 Å². The first-order chi connectivity index (χ1) is 8.87. The van der Waals surface area contributed by atoms with E-state index in [2.05, 4.69) is 10.1 Å². The summed E-state index contributed by atoms with van der Waals surface area (Å²) in [4.78, 5) is 3.93. The minimum atomic E-state index is -4.23. The van der Waals surface area contributed by atoms with Gasteiger partial charge in [0.25, 0.3) is 5.89 Å². The second-order valence-electron chi connectivity index (χ2n) is 4.17. The van der Waals surface area contributed by atoms with Gasteiger partial charge in [-0.1, -0.05) is 17.3 Å². The van der Waals surface area contributed by atoms with E-state index >= 15 is 0 Å². The lowest BCUT2D eigenvalue weighted by atomic mass is 10.1. The summed E-state index contributed by atoms with van der Waals surface area (Å²) in [5.41, 5.74) is 7.71. The van der Waals surface area contributed by atoms with Crippen molar-refractivity contribution in [3.63, 3.8) is 0 Å². The number of anilines is 1. The molecule has 0 saturated carbocycles. The number of halogens is 3. The molecular weight excluding hydrogens is 259 g/mol. The van der Waals surface area contributed by atoms with Crippen molar-refractivity contribution in [2.45, 2.75) is 25.9 Å². The highest BCUT2D eigenvalue weighted by molar-refractivity contribution is 5.72. The van der Waals surface area contributed by atoms with Gasteiger partial charge in [-0.05, 0) is 18.6 Å².